The third-order valence-corrected chi connectivity index (χ3v) is 3.79. The van der Waals surface area contributed by atoms with E-state index in [4.69, 9.17) is 11.6 Å². The Hall–Kier alpha value is -2.66. The van der Waals surface area contributed by atoms with Crippen molar-refractivity contribution in [2.24, 2.45) is 0 Å². The molecule has 6 heteroatoms. The highest BCUT2D eigenvalue weighted by Crippen LogP contribution is 2.14. The molecule has 3 aromatic rings. The number of rotatable bonds is 5. The third kappa shape index (κ3) is 4.00. The van der Waals surface area contributed by atoms with Crippen LogP contribution in [0.4, 0.5) is 10.2 Å². The summed E-state index contributed by atoms with van der Waals surface area (Å²) < 4.78 is 15.3. The summed E-state index contributed by atoms with van der Waals surface area (Å²) in [5, 5.41) is 7.64. The Morgan fingerprint density at radius 2 is 1.88 bits per heavy atom. The monoisotopic (exact) mass is 343 g/mol. The van der Waals surface area contributed by atoms with Crippen molar-refractivity contribution in [1.29, 1.82) is 0 Å². The molecule has 0 unspecified atom stereocenters. The predicted molar refractivity (Wildman–Crippen MR) is 91.5 cm³/mol. The number of nitrogens with one attached hydrogen (secondary N) is 1. The summed E-state index contributed by atoms with van der Waals surface area (Å²) in [5.41, 5.74) is 1.37. The molecule has 0 atom stereocenters. The fourth-order valence-electron chi connectivity index (χ4n) is 2.33. The van der Waals surface area contributed by atoms with Gasteiger partial charge in [-0.15, -0.1) is 0 Å². The minimum atomic E-state index is -0.387. The highest BCUT2D eigenvalue weighted by molar-refractivity contribution is 6.30. The van der Waals surface area contributed by atoms with Crippen LogP contribution in [-0.2, 0) is 17.8 Å². The zero-order valence-electron chi connectivity index (χ0n) is 12.7. The first-order chi connectivity index (χ1) is 11.6. The van der Waals surface area contributed by atoms with Crippen LogP contribution >= 0.6 is 11.6 Å². The molecule has 122 valence electrons. The Labute approximate surface area is 143 Å². The van der Waals surface area contributed by atoms with Crippen LogP contribution in [0.2, 0.25) is 5.02 Å². The van der Waals surface area contributed by atoms with E-state index in [-0.39, 0.29) is 18.1 Å². The maximum absolute atomic E-state index is 13.6. The SMILES string of the molecule is O=C(Cc1ccccc1F)Nc1ccnn1Cc1ccc(Cl)cc1. The summed E-state index contributed by atoms with van der Waals surface area (Å²) in [6.07, 6.45) is 1.58. The number of aromatic nitrogens is 2. The second kappa shape index (κ2) is 7.27. The fraction of sp³-hybridized carbons (Fsp3) is 0.111. The van der Waals surface area contributed by atoms with Crippen molar-refractivity contribution in [2.75, 3.05) is 5.32 Å². The van der Waals surface area contributed by atoms with Crippen molar-refractivity contribution in [3.63, 3.8) is 0 Å². The summed E-state index contributed by atoms with van der Waals surface area (Å²) in [6, 6.07) is 15.3. The Bertz CT molecular complexity index is 845. The van der Waals surface area contributed by atoms with Crippen LogP contribution < -0.4 is 5.32 Å². The highest BCUT2D eigenvalue weighted by atomic mass is 35.5. The lowest BCUT2D eigenvalue weighted by Crippen LogP contribution is -2.18. The molecule has 0 aliphatic heterocycles. The van der Waals surface area contributed by atoms with Gasteiger partial charge in [0.1, 0.15) is 11.6 Å². The molecule has 0 spiro atoms. The lowest BCUT2D eigenvalue weighted by molar-refractivity contribution is -0.115. The van der Waals surface area contributed by atoms with Gasteiger partial charge in [0.2, 0.25) is 5.91 Å². The molecule has 0 saturated heterocycles. The number of anilines is 1. The van der Waals surface area contributed by atoms with Crippen molar-refractivity contribution >= 4 is 23.3 Å². The number of halogens is 2. The maximum Gasteiger partial charge on any atom is 0.230 e. The van der Waals surface area contributed by atoms with Crippen LogP contribution in [0.25, 0.3) is 0 Å². The van der Waals surface area contributed by atoms with E-state index >= 15 is 0 Å². The third-order valence-electron chi connectivity index (χ3n) is 3.54. The van der Waals surface area contributed by atoms with Crippen molar-refractivity contribution in [2.45, 2.75) is 13.0 Å². The molecule has 0 bridgehead atoms. The summed E-state index contributed by atoms with van der Waals surface area (Å²) in [6.45, 7) is 0.499. The first kappa shape index (κ1) is 16.2. The Morgan fingerprint density at radius 1 is 1.12 bits per heavy atom. The van der Waals surface area contributed by atoms with Gasteiger partial charge in [-0.2, -0.15) is 5.10 Å². The summed E-state index contributed by atoms with van der Waals surface area (Å²) >= 11 is 5.87. The second-order valence-electron chi connectivity index (χ2n) is 5.32. The van der Waals surface area contributed by atoms with E-state index in [2.05, 4.69) is 10.4 Å². The van der Waals surface area contributed by atoms with E-state index in [0.717, 1.165) is 5.56 Å². The van der Waals surface area contributed by atoms with Gasteiger partial charge in [-0.05, 0) is 29.3 Å². The quantitative estimate of drug-likeness (QED) is 0.763. The van der Waals surface area contributed by atoms with E-state index in [0.29, 0.717) is 22.9 Å². The van der Waals surface area contributed by atoms with E-state index in [9.17, 15) is 9.18 Å². The molecular weight excluding hydrogens is 329 g/mol. The minimum Gasteiger partial charge on any atom is -0.311 e. The number of hydrogen-bond donors (Lipinski definition) is 1. The molecule has 3 rings (SSSR count). The topological polar surface area (TPSA) is 46.9 Å². The summed E-state index contributed by atoms with van der Waals surface area (Å²) in [4.78, 5) is 12.1. The molecule has 1 heterocycles. The zero-order valence-corrected chi connectivity index (χ0v) is 13.5. The van der Waals surface area contributed by atoms with Crippen LogP contribution in [0, 0.1) is 5.82 Å². The number of amides is 1. The van der Waals surface area contributed by atoms with Crippen molar-refractivity contribution in [3.05, 3.63) is 82.8 Å². The van der Waals surface area contributed by atoms with Gasteiger partial charge in [0.25, 0.3) is 0 Å². The van der Waals surface area contributed by atoms with Crippen LogP contribution in [0.5, 0.6) is 0 Å². The fourth-order valence-corrected chi connectivity index (χ4v) is 2.46. The van der Waals surface area contributed by atoms with E-state index in [1.165, 1.54) is 6.07 Å². The Kier molecular flexibility index (Phi) is 4.91. The Balaban J connectivity index is 1.68. The van der Waals surface area contributed by atoms with Crippen LogP contribution in [0.15, 0.2) is 60.8 Å². The molecule has 2 aromatic carbocycles. The number of carbonyl (C=O) groups is 1. The number of benzene rings is 2. The van der Waals surface area contributed by atoms with Crippen LogP contribution in [0.3, 0.4) is 0 Å². The van der Waals surface area contributed by atoms with Crippen molar-refractivity contribution in [1.82, 2.24) is 9.78 Å². The number of carbonyl (C=O) groups excluding carboxylic acids is 1. The normalized spacial score (nSPS) is 10.6. The van der Waals surface area contributed by atoms with Gasteiger partial charge in [0, 0.05) is 11.1 Å². The maximum atomic E-state index is 13.6. The van der Waals surface area contributed by atoms with Gasteiger partial charge in [-0.25, -0.2) is 9.07 Å². The van der Waals surface area contributed by atoms with Crippen LogP contribution in [-0.4, -0.2) is 15.7 Å². The molecule has 0 aliphatic carbocycles. The van der Waals surface area contributed by atoms with Gasteiger partial charge in [-0.3, -0.25) is 4.79 Å². The summed E-state index contributed by atoms with van der Waals surface area (Å²) in [7, 11) is 0. The Morgan fingerprint density at radius 3 is 2.62 bits per heavy atom. The summed E-state index contributed by atoms with van der Waals surface area (Å²) in [5.74, 6) is -0.119. The second-order valence-corrected chi connectivity index (χ2v) is 5.75. The van der Waals surface area contributed by atoms with Crippen molar-refractivity contribution < 1.29 is 9.18 Å². The zero-order chi connectivity index (χ0) is 16.9. The lowest BCUT2D eigenvalue weighted by atomic mass is 10.1. The van der Waals surface area contributed by atoms with Gasteiger partial charge >= 0.3 is 0 Å². The minimum absolute atomic E-state index is 0.0290. The average Bonchev–Trinajstić information content (AvgIpc) is 2.98. The van der Waals surface area contributed by atoms with Gasteiger partial charge in [0.15, 0.2) is 0 Å². The van der Waals surface area contributed by atoms with E-state index in [1.807, 2.05) is 12.1 Å². The molecule has 0 fully saturated rings. The molecule has 1 aromatic heterocycles. The first-order valence-electron chi connectivity index (χ1n) is 7.41. The smallest absolute Gasteiger partial charge is 0.230 e. The molecule has 24 heavy (non-hydrogen) atoms. The molecule has 4 nitrogen and oxygen atoms in total. The van der Waals surface area contributed by atoms with Crippen LogP contribution in [0.1, 0.15) is 11.1 Å². The highest BCUT2D eigenvalue weighted by Gasteiger charge is 2.11. The molecule has 1 amide bonds. The largest absolute Gasteiger partial charge is 0.311 e. The standard InChI is InChI=1S/C18H15ClFN3O/c19-15-7-5-13(6-8-15)12-23-17(9-10-21-23)22-18(24)11-14-3-1-2-4-16(14)20/h1-10H,11-12H2,(H,22,24). The predicted octanol–water partition coefficient (Wildman–Crippen LogP) is 3.91. The average molecular weight is 344 g/mol. The molecule has 0 radical (unpaired) electrons. The van der Waals surface area contributed by atoms with Crippen molar-refractivity contribution in [3.8, 4) is 0 Å². The van der Waals surface area contributed by atoms with Gasteiger partial charge in [-0.1, -0.05) is 41.9 Å². The molecule has 0 saturated carbocycles. The van der Waals surface area contributed by atoms with Gasteiger partial charge < -0.3 is 5.32 Å². The van der Waals surface area contributed by atoms with E-state index in [1.54, 1.807) is 47.3 Å². The van der Waals surface area contributed by atoms with E-state index < -0.39 is 0 Å². The van der Waals surface area contributed by atoms with Gasteiger partial charge in [0.05, 0.1) is 19.2 Å². The number of hydrogen-bond acceptors (Lipinski definition) is 2. The number of nitrogens with zero attached hydrogens (tertiary/aromatic N) is 2. The molecule has 0 aliphatic rings. The molecular formula is C18H15ClFN3O. The lowest BCUT2D eigenvalue weighted by Gasteiger charge is -2.09. The molecule has 1 N–H and O–H groups in total. The first-order valence-corrected chi connectivity index (χ1v) is 7.79.